The van der Waals surface area contributed by atoms with Gasteiger partial charge in [-0.05, 0) is 69.7 Å². The zero-order valence-corrected chi connectivity index (χ0v) is 27.3. The van der Waals surface area contributed by atoms with Crippen LogP contribution in [0.5, 0.6) is 6.01 Å². The molecule has 49 heavy (non-hydrogen) atoms. The van der Waals surface area contributed by atoms with E-state index >= 15 is 4.39 Å². The Bertz CT molecular complexity index is 2020. The monoisotopic (exact) mass is 672 g/mol. The van der Waals surface area contributed by atoms with Crippen LogP contribution in [0.2, 0.25) is 0 Å². The highest BCUT2D eigenvalue weighted by atomic mass is 19.1. The molecule has 0 saturated carbocycles. The minimum Gasteiger partial charge on any atom is -0.461 e. The predicted molar refractivity (Wildman–Crippen MR) is 176 cm³/mol. The molecule has 3 atom stereocenters. The summed E-state index contributed by atoms with van der Waals surface area (Å²) in [5, 5.41) is 20.6. The second-order valence-electron chi connectivity index (χ2n) is 14.4. The average Bonchev–Trinajstić information content (AvgIpc) is 3.89. The molecule has 256 valence electrons. The number of halogens is 2. The normalized spacial score (nSPS) is 23.8. The summed E-state index contributed by atoms with van der Waals surface area (Å²) in [7, 11) is 0. The van der Waals surface area contributed by atoms with Crippen LogP contribution >= 0.6 is 0 Å². The second-order valence-corrected chi connectivity index (χ2v) is 14.4. The fraction of sp³-hybridized carbons (Fsp3) is 0.543. The maximum absolute atomic E-state index is 17.4. The van der Waals surface area contributed by atoms with Gasteiger partial charge in [0.2, 0.25) is 5.88 Å². The Morgan fingerprint density at radius 1 is 1.12 bits per heavy atom. The molecule has 4 aromatic rings. The summed E-state index contributed by atoms with van der Waals surface area (Å²) < 4.78 is 50.2. The highest BCUT2D eigenvalue weighted by molar-refractivity contribution is 6.04. The fourth-order valence-corrected chi connectivity index (χ4v) is 9.40. The number of β-amino-alcohol motifs (C(OH)–C–C–N with tert-alkyl or cyclic N) is 1. The third-order valence-corrected chi connectivity index (χ3v) is 11.4. The van der Waals surface area contributed by atoms with E-state index in [1.165, 1.54) is 0 Å². The van der Waals surface area contributed by atoms with E-state index in [2.05, 4.69) is 19.7 Å². The van der Waals surface area contributed by atoms with Crippen LogP contribution in [0, 0.1) is 23.0 Å². The van der Waals surface area contributed by atoms with E-state index in [4.69, 9.17) is 29.6 Å². The van der Waals surface area contributed by atoms with E-state index in [1.807, 2.05) is 6.07 Å². The second kappa shape index (κ2) is 11.4. The first kappa shape index (κ1) is 30.9. The van der Waals surface area contributed by atoms with E-state index < -0.39 is 17.7 Å². The van der Waals surface area contributed by atoms with Gasteiger partial charge >= 0.3 is 6.01 Å². The highest BCUT2D eigenvalue weighted by Gasteiger charge is 2.46. The van der Waals surface area contributed by atoms with Crippen molar-refractivity contribution in [3.8, 4) is 23.3 Å². The molecule has 0 amide bonds. The molecule has 4 saturated heterocycles. The van der Waals surface area contributed by atoms with Crippen LogP contribution in [-0.4, -0.2) is 92.9 Å². The van der Waals surface area contributed by atoms with E-state index in [0.29, 0.717) is 29.9 Å². The van der Waals surface area contributed by atoms with Gasteiger partial charge in [0, 0.05) is 37.3 Å². The van der Waals surface area contributed by atoms with Crippen molar-refractivity contribution >= 4 is 33.6 Å². The van der Waals surface area contributed by atoms with Crippen LogP contribution in [0.1, 0.15) is 62.1 Å². The summed E-state index contributed by atoms with van der Waals surface area (Å²) in [6, 6.07) is 2.29. The van der Waals surface area contributed by atoms with Crippen molar-refractivity contribution in [2.45, 2.75) is 82.4 Å². The molecule has 4 fully saturated rings. The summed E-state index contributed by atoms with van der Waals surface area (Å²) in [6.45, 7) is 6.65. The number of nitrogens with two attached hydrogens (primary N) is 1. The molecule has 5 aliphatic heterocycles. The van der Waals surface area contributed by atoms with Crippen molar-refractivity contribution in [2.24, 2.45) is 0 Å². The first-order chi connectivity index (χ1) is 23.8. The van der Waals surface area contributed by atoms with Gasteiger partial charge in [-0.2, -0.15) is 15.2 Å². The molecule has 0 spiro atoms. The average molecular weight is 673 g/mol. The third-order valence-electron chi connectivity index (χ3n) is 11.4. The summed E-state index contributed by atoms with van der Waals surface area (Å²) in [6.07, 6.45) is 6.68. The topological polar surface area (TPSA) is 150 Å². The zero-order valence-electron chi connectivity index (χ0n) is 27.3. The largest absolute Gasteiger partial charge is 0.461 e. The lowest BCUT2D eigenvalue weighted by Crippen LogP contribution is -2.55. The number of anilines is 2. The number of nitriles is 1. The van der Waals surface area contributed by atoms with Gasteiger partial charge < -0.3 is 29.6 Å². The molecule has 12 nitrogen and oxygen atoms in total. The van der Waals surface area contributed by atoms with Gasteiger partial charge in [-0.15, -0.1) is 0 Å². The van der Waals surface area contributed by atoms with Crippen LogP contribution in [0.3, 0.4) is 0 Å². The number of furan rings is 1. The molecule has 0 aliphatic carbocycles. The van der Waals surface area contributed by atoms with Crippen molar-refractivity contribution < 1.29 is 27.8 Å². The summed E-state index contributed by atoms with van der Waals surface area (Å²) in [5.41, 5.74) is 6.96. The van der Waals surface area contributed by atoms with Gasteiger partial charge in [-0.1, -0.05) is 0 Å². The number of aliphatic hydroxyl groups is 1. The predicted octanol–water partition coefficient (Wildman–Crippen LogP) is 4.24. The van der Waals surface area contributed by atoms with Crippen molar-refractivity contribution in [1.29, 1.82) is 5.26 Å². The number of hydrogen-bond acceptors (Lipinski definition) is 12. The van der Waals surface area contributed by atoms with Gasteiger partial charge in [0.25, 0.3) is 0 Å². The molecule has 1 aromatic carbocycles. The van der Waals surface area contributed by atoms with Gasteiger partial charge in [0.15, 0.2) is 17.2 Å². The molecule has 3 N–H and O–H groups in total. The van der Waals surface area contributed by atoms with Crippen molar-refractivity contribution in [1.82, 2.24) is 24.8 Å². The first-order valence-corrected chi connectivity index (χ1v) is 17.2. The molecular formula is C35H38F2N8O4. The number of fused-ring (bicyclic) bond motifs is 7. The number of piperazine rings is 1. The SMILES string of the molecule is C[C@@H](O)CN1CC2CCC(C1)N2c1nc(OCC23CCCN2CCC3)nc2c(F)c(-c3ncc(F)c4oc(N)c(C#N)c34)c3c(c12)COC3. The number of aliphatic hydroxyl groups excluding tert-OH is 1. The molecule has 2 bridgehead atoms. The lowest BCUT2D eigenvalue weighted by molar-refractivity contribution is 0.107. The highest BCUT2D eigenvalue weighted by Crippen LogP contribution is 2.48. The molecule has 0 radical (unpaired) electrons. The maximum atomic E-state index is 17.4. The molecule has 3 aromatic heterocycles. The minimum atomic E-state index is -0.807. The molecule has 8 heterocycles. The quantitative estimate of drug-likeness (QED) is 0.289. The van der Waals surface area contributed by atoms with E-state index in [0.717, 1.165) is 76.5 Å². The number of likely N-dealkylation sites (tertiary alicyclic amines) is 1. The number of pyridine rings is 1. The number of nitrogens with zero attached hydrogens (tertiary/aromatic N) is 7. The van der Waals surface area contributed by atoms with Crippen LogP contribution in [0.4, 0.5) is 20.5 Å². The number of hydrogen-bond donors (Lipinski definition) is 2. The van der Waals surface area contributed by atoms with Crippen LogP contribution in [0.25, 0.3) is 33.1 Å². The molecular weight excluding hydrogens is 634 g/mol. The van der Waals surface area contributed by atoms with Gasteiger partial charge in [-0.25, -0.2) is 8.78 Å². The fourth-order valence-electron chi connectivity index (χ4n) is 9.40. The summed E-state index contributed by atoms with van der Waals surface area (Å²) in [5.74, 6) is -1.14. The molecule has 5 aliphatic rings. The van der Waals surface area contributed by atoms with Crippen LogP contribution in [-0.2, 0) is 18.0 Å². The minimum absolute atomic E-state index is 0.00652. The number of rotatable bonds is 7. The molecule has 9 rings (SSSR count). The number of ether oxygens (including phenoxy) is 2. The van der Waals surface area contributed by atoms with Crippen molar-refractivity contribution in [2.75, 3.05) is 50.0 Å². The van der Waals surface area contributed by atoms with E-state index in [9.17, 15) is 14.8 Å². The standard InChI is InChI=1S/C35H38F2N8O4/c1-18(46)12-43-13-19-4-5-20(14-43)45(19)33-27-23-16-47-15-22(23)25(29-26-21(10-38)32(39)49-31(26)24(36)11-40-29)28(37)30(27)41-34(42-33)48-17-35-6-2-8-44(35)9-3-7-35/h11,18-20,46H,2-9,12-17,39H2,1H3/t18-,19?,20?/m1/s1. The Morgan fingerprint density at radius 2 is 1.86 bits per heavy atom. The van der Waals surface area contributed by atoms with Gasteiger partial charge in [0.1, 0.15) is 29.6 Å². The Morgan fingerprint density at radius 3 is 2.57 bits per heavy atom. The smallest absolute Gasteiger partial charge is 0.319 e. The Balaban J connectivity index is 1.24. The maximum Gasteiger partial charge on any atom is 0.319 e. The lowest BCUT2D eigenvalue weighted by Gasteiger charge is -2.42. The van der Waals surface area contributed by atoms with Crippen molar-refractivity contribution in [3.05, 3.63) is 34.5 Å². The number of nitrogen functional groups attached to an aromatic ring is 1. The Hall–Kier alpha value is -4.16. The van der Waals surface area contributed by atoms with E-state index in [1.54, 1.807) is 6.92 Å². The zero-order chi connectivity index (χ0) is 33.6. The Labute approximate surface area is 281 Å². The Kier molecular flexibility index (Phi) is 7.21. The van der Waals surface area contributed by atoms with Gasteiger partial charge in [0.05, 0.1) is 47.5 Å². The van der Waals surface area contributed by atoms with Crippen molar-refractivity contribution in [3.63, 3.8) is 0 Å². The van der Waals surface area contributed by atoms with Crippen LogP contribution in [0.15, 0.2) is 10.6 Å². The third kappa shape index (κ3) is 4.70. The summed E-state index contributed by atoms with van der Waals surface area (Å²) in [4.78, 5) is 21.3. The molecule has 14 heteroatoms. The molecule has 2 unspecified atom stereocenters. The van der Waals surface area contributed by atoms with E-state index in [-0.39, 0.29) is 76.0 Å². The van der Waals surface area contributed by atoms with Gasteiger partial charge in [-0.3, -0.25) is 14.8 Å². The lowest BCUT2D eigenvalue weighted by atomic mass is 9.93. The summed E-state index contributed by atoms with van der Waals surface area (Å²) >= 11 is 0. The number of aromatic nitrogens is 3. The number of benzene rings is 1. The first-order valence-electron chi connectivity index (χ1n) is 17.2. The van der Waals surface area contributed by atoms with Crippen LogP contribution < -0.4 is 15.4 Å².